The number of aliphatic carboxylic acids is 1. The Labute approximate surface area is 87.2 Å². The molecule has 1 aromatic rings. The monoisotopic (exact) mass is 214 g/mol. The molecule has 0 fully saturated rings. The van der Waals surface area contributed by atoms with Crippen LogP contribution in [0, 0.1) is 0 Å². The van der Waals surface area contributed by atoms with Gasteiger partial charge in [0.15, 0.2) is 5.82 Å². The average Bonchev–Trinajstić information content (AvgIpc) is 2.62. The van der Waals surface area contributed by atoms with Crippen LogP contribution in [0.5, 0.6) is 0 Å². The van der Waals surface area contributed by atoms with Crippen LogP contribution in [0.25, 0.3) is 0 Å². The Morgan fingerprint density at radius 2 is 2.40 bits per heavy atom. The minimum Gasteiger partial charge on any atom is -0.481 e. The molecule has 0 unspecified atom stereocenters. The summed E-state index contributed by atoms with van der Waals surface area (Å²) in [5, 5.41) is 12.1. The van der Waals surface area contributed by atoms with Crippen LogP contribution in [-0.2, 0) is 22.6 Å². The van der Waals surface area contributed by atoms with E-state index in [1.54, 1.807) is 0 Å². The van der Waals surface area contributed by atoms with Gasteiger partial charge in [-0.3, -0.25) is 4.79 Å². The predicted molar refractivity (Wildman–Crippen MR) is 50.2 cm³/mol. The third kappa shape index (κ3) is 4.55. The fourth-order valence-electron chi connectivity index (χ4n) is 1.03. The van der Waals surface area contributed by atoms with Gasteiger partial charge in [0.25, 0.3) is 0 Å². The zero-order valence-electron chi connectivity index (χ0n) is 8.60. The first-order valence-electron chi connectivity index (χ1n) is 4.83. The number of carboxylic acid groups (broad SMARTS) is 1. The van der Waals surface area contributed by atoms with Gasteiger partial charge < -0.3 is 14.4 Å². The molecule has 0 radical (unpaired) electrons. The first-order chi connectivity index (χ1) is 7.22. The number of carbonyl (C=O) groups is 1. The Bertz CT molecular complexity index is 311. The Morgan fingerprint density at radius 1 is 1.60 bits per heavy atom. The SMILES string of the molecule is CCOCc1noc(CCCC(=O)O)n1. The van der Waals surface area contributed by atoms with Gasteiger partial charge in [-0.1, -0.05) is 5.16 Å². The Kier molecular flexibility index (Phi) is 4.76. The lowest BCUT2D eigenvalue weighted by atomic mass is 10.2. The van der Waals surface area contributed by atoms with Crippen molar-refractivity contribution in [2.45, 2.75) is 32.8 Å². The topological polar surface area (TPSA) is 85.5 Å². The van der Waals surface area contributed by atoms with Gasteiger partial charge in [0.05, 0.1) is 0 Å². The molecule has 6 heteroatoms. The molecule has 0 aromatic carbocycles. The molecule has 0 spiro atoms. The van der Waals surface area contributed by atoms with Gasteiger partial charge in [0, 0.05) is 19.4 Å². The van der Waals surface area contributed by atoms with E-state index in [-0.39, 0.29) is 6.42 Å². The number of rotatable bonds is 7. The summed E-state index contributed by atoms with van der Waals surface area (Å²) < 4.78 is 10.0. The van der Waals surface area contributed by atoms with Gasteiger partial charge in [0.1, 0.15) is 6.61 Å². The molecule has 15 heavy (non-hydrogen) atoms. The number of aryl methyl sites for hydroxylation is 1. The van der Waals surface area contributed by atoms with Crippen LogP contribution in [0.1, 0.15) is 31.5 Å². The van der Waals surface area contributed by atoms with Crippen molar-refractivity contribution < 1.29 is 19.2 Å². The maximum atomic E-state index is 10.2. The molecule has 1 rings (SSSR count). The van der Waals surface area contributed by atoms with Crippen LogP contribution in [0.15, 0.2) is 4.52 Å². The Balaban J connectivity index is 2.29. The van der Waals surface area contributed by atoms with Crippen molar-refractivity contribution in [1.29, 1.82) is 0 Å². The molecule has 1 N–H and O–H groups in total. The van der Waals surface area contributed by atoms with E-state index in [0.717, 1.165) is 0 Å². The van der Waals surface area contributed by atoms with Crippen molar-refractivity contribution in [3.8, 4) is 0 Å². The number of hydrogen-bond donors (Lipinski definition) is 1. The van der Waals surface area contributed by atoms with Crippen LogP contribution < -0.4 is 0 Å². The van der Waals surface area contributed by atoms with E-state index in [0.29, 0.717) is 37.8 Å². The third-order valence-corrected chi connectivity index (χ3v) is 1.73. The lowest BCUT2D eigenvalue weighted by molar-refractivity contribution is -0.137. The van der Waals surface area contributed by atoms with Crippen molar-refractivity contribution in [2.75, 3.05) is 6.61 Å². The fraction of sp³-hybridized carbons (Fsp3) is 0.667. The normalized spacial score (nSPS) is 10.5. The first-order valence-corrected chi connectivity index (χ1v) is 4.83. The highest BCUT2D eigenvalue weighted by Gasteiger charge is 2.06. The second-order valence-electron chi connectivity index (χ2n) is 2.99. The quantitative estimate of drug-likeness (QED) is 0.729. The van der Waals surface area contributed by atoms with Crippen molar-refractivity contribution in [1.82, 2.24) is 10.1 Å². The van der Waals surface area contributed by atoms with Crippen LogP contribution in [0.4, 0.5) is 0 Å². The van der Waals surface area contributed by atoms with Gasteiger partial charge in [-0.15, -0.1) is 0 Å². The molecule has 1 heterocycles. The van der Waals surface area contributed by atoms with Gasteiger partial charge in [-0.05, 0) is 13.3 Å². The molecule has 0 atom stereocenters. The van der Waals surface area contributed by atoms with Crippen LogP contribution in [0.3, 0.4) is 0 Å². The van der Waals surface area contributed by atoms with Gasteiger partial charge in [-0.25, -0.2) is 0 Å². The zero-order valence-corrected chi connectivity index (χ0v) is 8.60. The van der Waals surface area contributed by atoms with Crippen molar-refractivity contribution >= 4 is 5.97 Å². The van der Waals surface area contributed by atoms with E-state index in [4.69, 9.17) is 14.4 Å². The lowest BCUT2D eigenvalue weighted by Gasteiger charge is -1.92. The highest BCUT2D eigenvalue weighted by atomic mass is 16.5. The molecule has 0 aliphatic carbocycles. The largest absolute Gasteiger partial charge is 0.481 e. The van der Waals surface area contributed by atoms with Crippen LogP contribution in [-0.4, -0.2) is 27.8 Å². The highest BCUT2D eigenvalue weighted by Crippen LogP contribution is 2.03. The van der Waals surface area contributed by atoms with Crippen LogP contribution >= 0.6 is 0 Å². The fourth-order valence-corrected chi connectivity index (χ4v) is 1.03. The summed E-state index contributed by atoms with van der Waals surface area (Å²) in [6, 6.07) is 0. The van der Waals surface area contributed by atoms with Crippen molar-refractivity contribution in [3.05, 3.63) is 11.7 Å². The van der Waals surface area contributed by atoms with Gasteiger partial charge in [-0.2, -0.15) is 4.98 Å². The summed E-state index contributed by atoms with van der Waals surface area (Å²) in [7, 11) is 0. The summed E-state index contributed by atoms with van der Waals surface area (Å²) >= 11 is 0. The number of ether oxygens (including phenoxy) is 1. The summed E-state index contributed by atoms with van der Waals surface area (Å²) in [4.78, 5) is 14.3. The molecule has 84 valence electrons. The third-order valence-electron chi connectivity index (χ3n) is 1.73. The summed E-state index contributed by atoms with van der Waals surface area (Å²) in [5.41, 5.74) is 0. The molecule has 0 aliphatic rings. The van der Waals surface area contributed by atoms with E-state index < -0.39 is 5.97 Å². The summed E-state index contributed by atoms with van der Waals surface area (Å²) in [5.74, 6) is 0.150. The maximum Gasteiger partial charge on any atom is 0.303 e. The van der Waals surface area contributed by atoms with Crippen molar-refractivity contribution in [2.24, 2.45) is 0 Å². The first kappa shape index (κ1) is 11.6. The Hall–Kier alpha value is -1.43. The second-order valence-corrected chi connectivity index (χ2v) is 2.99. The van der Waals surface area contributed by atoms with E-state index in [9.17, 15) is 4.79 Å². The maximum absolute atomic E-state index is 10.2. The number of nitrogens with zero attached hydrogens (tertiary/aromatic N) is 2. The Morgan fingerprint density at radius 3 is 3.07 bits per heavy atom. The summed E-state index contributed by atoms with van der Waals surface area (Å²) in [6.07, 6.45) is 1.11. The van der Waals surface area contributed by atoms with E-state index in [1.165, 1.54) is 0 Å². The highest BCUT2D eigenvalue weighted by molar-refractivity contribution is 5.66. The van der Waals surface area contributed by atoms with Gasteiger partial charge in [0.2, 0.25) is 5.89 Å². The molecular formula is C9H14N2O4. The molecule has 0 aliphatic heterocycles. The number of carboxylic acids is 1. The van der Waals surface area contributed by atoms with E-state index in [1.807, 2.05) is 6.92 Å². The minimum absolute atomic E-state index is 0.114. The molecule has 0 bridgehead atoms. The lowest BCUT2D eigenvalue weighted by Crippen LogP contribution is -1.97. The molecule has 1 aromatic heterocycles. The minimum atomic E-state index is -0.816. The average molecular weight is 214 g/mol. The zero-order chi connectivity index (χ0) is 11.1. The van der Waals surface area contributed by atoms with Crippen molar-refractivity contribution in [3.63, 3.8) is 0 Å². The molecule has 6 nitrogen and oxygen atoms in total. The van der Waals surface area contributed by atoms with E-state index in [2.05, 4.69) is 10.1 Å². The number of hydrogen-bond acceptors (Lipinski definition) is 5. The standard InChI is InChI=1S/C9H14N2O4/c1-2-14-6-7-10-8(15-11-7)4-3-5-9(12)13/h2-6H2,1H3,(H,12,13). The molecule has 0 saturated carbocycles. The van der Waals surface area contributed by atoms with E-state index >= 15 is 0 Å². The second kappa shape index (κ2) is 6.13. The predicted octanol–water partition coefficient (Wildman–Crippen LogP) is 1.01. The van der Waals surface area contributed by atoms with Gasteiger partial charge >= 0.3 is 5.97 Å². The molecular weight excluding hydrogens is 200 g/mol. The summed E-state index contributed by atoms with van der Waals surface area (Å²) in [6.45, 7) is 2.82. The number of aromatic nitrogens is 2. The smallest absolute Gasteiger partial charge is 0.303 e. The molecule has 0 saturated heterocycles. The van der Waals surface area contributed by atoms with Crippen LogP contribution in [0.2, 0.25) is 0 Å². The molecule has 0 amide bonds.